The molecule has 19 heavy (non-hydrogen) atoms. The van der Waals surface area contributed by atoms with Crippen LogP contribution in [0.2, 0.25) is 0 Å². The van der Waals surface area contributed by atoms with Gasteiger partial charge in [-0.2, -0.15) is 0 Å². The second-order valence-electron chi connectivity index (χ2n) is 5.90. The summed E-state index contributed by atoms with van der Waals surface area (Å²) in [6.07, 6.45) is 13.9. The maximum Gasteiger partial charge on any atom is 0.0590 e. The first kappa shape index (κ1) is 18.9. The molecule has 2 heteroatoms. The smallest absolute Gasteiger partial charge is 0.0590 e. The number of hydrogen-bond acceptors (Lipinski definition) is 2. The highest BCUT2D eigenvalue weighted by molar-refractivity contribution is 4.51. The van der Waals surface area contributed by atoms with E-state index in [1.807, 2.05) is 0 Å². The highest BCUT2D eigenvalue weighted by Gasteiger charge is 1.94. The predicted octanol–water partition coefficient (Wildman–Crippen LogP) is 4.92. The SMILES string of the molecule is CCCCCCCCCCCCOCCNC(C)C. The molecule has 0 saturated heterocycles. The van der Waals surface area contributed by atoms with Gasteiger partial charge in [-0.25, -0.2) is 0 Å². The Labute approximate surface area is 121 Å². The van der Waals surface area contributed by atoms with Gasteiger partial charge in [0.25, 0.3) is 0 Å². The Morgan fingerprint density at radius 3 is 1.79 bits per heavy atom. The molecule has 0 fully saturated rings. The molecular formula is C17H37NO. The first-order valence-corrected chi connectivity index (χ1v) is 8.58. The van der Waals surface area contributed by atoms with Crippen LogP contribution in [0.25, 0.3) is 0 Å². The van der Waals surface area contributed by atoms with Crippen molar-refractivity contribution in [2.75, 3.05) is 19.8 Å². The van der Waals surface area contributed by atoms with E-state index in [0.717, 1.165) is 19.8 Å². The van der Waals surface area contributed by atoms with Crippen molar-refractivity contribution in [3.8, 4) is 0 Å². The molecule has 1 N–H and O–H groups in total. The van der Waals surface area contributed by atoms with Crippen molar-refractivity contribution < 1.29 is 4.74 Å². The van der Waals surface area contributed by atoms with Crippen molar-refractivity contribution in [3.63, 3.8) is 0 Å². The highest BCUT2D eigenvalue weighted by atomic mass is 16.5. The van der Waals surface area contributed by atoms with Gasteiger partial charge in [0.05, 0.1) is 6.61 Å². The van der Waals surface area contributed by atoms with Crippen molar-refractivity contribution in [2.45, 2.75) is 91.0 Å². The van der Waals surface area contributed by atoms with Gasteiger partial charge in [0.15, 0.2) is 0 Å². The molecule has 0 aliphatic rings. The lowest BCUT2D eigenvalue weighted by atomic mass is 10.1. The summed E-state index contributed by atoms with van der Waals surface area (Å²) in [7, 11) is 0. The van der Waals surface area contributed by atoms with Crippen LogP contribution in [-0.4, -0.2) is 25.8 Å². The van der Waals surface area contributed by atoms with Crippen molar-refractivity contribution in [1.82, 2.24) is 5.32 Å². The summed E-state index contributed by atoms with van der Waals surface area (Å²) < 4.78 is 5.59. The Bertz CT molecular complexity index is 159. The van der Waals surface area contributed by atoms with E-state index in [-0.39, 0.29) is 0 Å². The zero-order valence-corrected chi connectivity index (χ0v) is 13.7. The first-order valence-electron chi connectivity index (χ1n) is 8.58. The third-order valence-electron chi connectivity index (χ3n) is 3.44. The van der Waals surface area contributed by atoms with Crippen molar-refractivity contribution in [3.05, 3.63) is 0 Å². The molecule has 0 heterocycles. The monoisotopic (exact) mass is 271 g/mol. The van der Waals surface area contributed by atoms with Crippen LogP contribution in [-0.2, 0) is 4.74 Å². The van der Waals surface area contributed by atoms with E-state index in [4.69, 9.17) is 4.74 Å². The lowest BCUT2D eigenvalue weighted by molar-refractivity contribution is 0.130. The van der Waals surface area contributed by atoms with Gasteiger partial charge >= 0.3 is 0 Å². The van der Waals surface area contributed by atoms with Crippen LogP contribution in [0.1, 0.15) is 85.0 Å². The van der Waals surface area contributed by atoms with Gasteiger partial charge in [-0.15, -0.1) is 0 Å². The van der Waals surface area contributed by atoms with E-state index in [2.05, 4.69) is 26.1 Å². The summed E-state index contributed by atoms with van der Waals surface area (Å²) in [5, 5.41) is 3.36. The number of nitrogens with one attached hydrogen (secondary N) is 1. The van der Waals surface area contributed by atoms with E-state index in [0.29, 0.717) is 6.04 Å². The van der Waals surface area contributed by atoms with Gasteiger partial charge in [-0.05, 0) is 6.42 Å². The van der Waals surface area contributed by atoms with Crippen molar-refractivity contribution in [2.24, 2.45) is 0 Å². The lowest BCUT2D eigenvalue weighted by Crippen LogP contribution is -2.26. The van der Waals surface area contributed by atoms with Gasteiger partial charge in [0.1, 0.15) is 0 Å². The van der Waals surface area contributed by atoms with E-state index in [9.17, 15) is 0 Å². The summed E-state index contributed by atoms with van der Waals surface area (Å²) in [6.45, 7) is 9.40. The fourth-order valence-electron chi connectivity index (χ4n) is 2.21. The summed E-state index contributed by atoms with van der Waals surface area (Å²) in [4.78, 5) is 0. The van der Waals surface area contributed by atoms with Crippen LogP contribution in [0.4, 0.5) is 0 Å². The quantitative estimate of drug-likeness (QED) is 0.427. The standard InChI is InChI=1S/C17H37NO/c1-4-5-6-7-8-9-10-11-12-13-15-19-16-14-18-17(2)3/h17-18H,4-16H2,1-3H3. The Balaban J connectivity index is 2.91. The molecule has 0 aliphatic carbocycles. The molecule has 2 nitrogen and oxygen atoms in total. The minimum Gasteiger partial charge on any atom is -0.380 e. The van der Waals surface area contributed by atoms with Gasteiger partial charge in [0.2, 0.25) is 0 Å². The summed E-state index contributed by atoms with van der Waals surface area (Å²) in [6, 6.07) is 0.570. The third kappa shape index (κ3) is 17.9. The van der Waals surface area contributed by atoms with Crippen LogP contribution in [0.15, 0.2) is 0 Å². The molecule has 0 aromatic heterocycles. The molecule has 0 radical (unpaired) electrons. The maximum absolute atomic E-state index is 5.59. The topological polar surface area (TPSA) is 21.3 Å². The summed E-state index contributed by atoms with van der Waals surface area (Å²) in [5.41, 5.74) is 0. The molecule has 0 aromatic rings. The van der Waals surface area contributed by atoms with E-state index in [1.54, 1.807) is 0 Å². The van der Waals surface area contributed by atoms with E-state index in [1.165, 1.54) is 64.2 Å². The average molecular weight is 271 g/mol. The molecule has 0 amide bonds. The first-order chi connectivity index (χ1) is 9.27. The normalized spacial score (nSPS) is 11.4. The third-order valence-corrected chi connectivity index (χ3v) is 3.44. The Hall–Kier alpha value is -0.0800. The molecule has 0 atom stereocenters. The zero-order valence-electron chi connectivity index (χ0n) is 13.7. The number of ether oxygens (including phenoxy) is 1. The zero-order chi connectivity index (χ0) is 14.2. The van der Waals surface area contributed by atoms with Crippen molar-refractivity contribution in [1.29, 1.82) is 0 Å². The van der Waals surface area contributed by atoms with E-state index < -0.39 is 0 Å². The predicted molar refractivity (Wildman–Crippen MR) is 85.8 cm³/mol. The Morgan fingerprint density at radius 1 is 0.737 bits per heavy atom. The second kappa shape index (κ2) is 16.0. The lowest BCUT2D eigenvalue weighted by Gasteiger charge is -2.08. The fraction of sp³-hybridized carbons (Fsp3) is 1.00. The highest BCUT2D eigenvalue weighted by Crippen LogP contribution is 2.10. The average Bonchev–Trinajstić information content (AvgIpc) is 2.39. The molecule has 0 spiro atoms. The van der Waals surface area contributed by atoms with Crippen LogP contribution < -0.4 is 5.32 Å². The van der Waals surface area contributed by atoms with Gasteiger partial charge < -0.3 is 10.1 Å². The number of rotatable bonds is 15. The van der Waals surface area contributed by atoms with Gasteiger partial charge in [-0.1, -0.05) is 78.6 Å². The largest absolute Gasteiger partial charge is 0.380 e. The molecule has 0 aromatic carbocycles. The van der Waals surface area contributed by atoms with Crippen LogP contribution in [0, 0.1) is 0 Å². The van der Waals surface area contributed by atoms with Crippen LogP contribution >= 0.6 is 0 Å². The maximum atomic E-state index is 5.59. The van der Waals surface area contributed by atoms with Crippen LogP contribution in [0.3, 0.4) is 0 Å². The fourth-order valence-corrected chi connectivity index (χ4v) is 2.21. The second-order valence-corrected chi connectivity index (χ2v) is 5.90. The molecular weight excluding hydrogens is 234 g/mol. The van der Waals surface area contributed by atoms with Crippen LogP contribution in [0.5, 0.6) is 0 Å². The minimum atomic E-state index is 0.570. The van der Waals surface area contributed by atoms with Gasteiger partial charge in [-0.3, -0.25) is 0 Å². The summed E-state index contributed by atoms with van der Waals surface area (Å²) in [5.74, 6) is 0. The molecule has 0 unspecified atom stereocenters. The molecule has 116 valence electrons. The number of hydrogen-bond donors (Lipinski definition) is 1. The van der Waals surface area contributed by atoms with Crippen molar-refractivity contribution >= 4 is 0 Å². The Morgan fingerprint density at radius 2 is 1.26 bits per heavy atom. The number of unbranched alkanes of at least 4 members (excludes halogenated alkanes) is 9. The Kier molecular flexibility index (Phi) is 15.9. The molecule has 0 rings (SSSR count). The molecule has 0 saturated carbocycles. The van der Waals surface area contributed by atoms with E-state index >= 15 is 0 Å². The minimum absolute atomic E-state index is 0.570. The molecule has 0 aliphatic heterocycles. The summed E-state index contributed by atoms with van der Waals surface area (Å²) >= 11 is 0. The van der Waals surface area contributed by atoms with Gasteiger partial charge in [0, 0.05) is 19.2 Å². The molecule has 0 bridgehead atoms.